The van der Waals surface area contributed by atoms with Crippen LogP contribution in [0.4, 0.5) is 0 Å². The quantitative estimate of drug-likeness (QED) is 0.396. The molecule has 34 heavy (non-hydrogen) atoms. The van der Waals surface area contributed by atoms with Gasteiger partial charge in [0.1, 0.15) is 11.4 Å². The summed E-state index contributed by atoms with van der Waals surface area (Å²) in [4.78, 5) is 53.8. The molecule has 0 amide bonds. The van der Waals surface area contributed by atoms with Crippen molar-refractivity contribution < 1.29 is 38.1 Å². The van der Waals surface area contributed by atoms with E-state index in [0.29, 0.717) is 35.4 Å². The molecule has 0 aromatic carbocycles. The standard InChI is InChI=1S/C24H30N2O8/c1-13-15(7-11-19(27)31-3)17(25-21(13)23(29)33-5)9-10-18-16(8-12-20(28)32-4)14(2)22(26-18)24(30)34-6/h9-10,25-26H,7-8,11-12H2,1-6H3/b10-9-. The van der Waals surface area contributed by atoms with Crippen molar-refractivity contribution in [2.24, 2.45) is 0 Å². The predicted molar refractivity (Wildman–Crippen MR) is 123 cm³/mol. The van der Waals surface area contributed by atoms with Gasteiger partial charge in [-0.1, -0.05) is 0 Å². The molecule has 2 aromatic heterocycles. The van der Waals surface area contributed by atoms with Crippen molar-refractivity contribution in [3.63, 3.8) is 0 Å². The monoisotopic (exact) mass is 474 g/mol. The number of hydrogen-bond donors (Lipinski definition) is 2. The Morgan fingerprint density at radius 3 is 1.29 bits per heavy atom. The van der Waals surface area contributed by atoms with Gasteiger partial charge in [0.25, 0.3) is 0 Å². The number of aromatic amines is 2. The number of carbonyl (C=O) groups is 4. The maximum atomic E-state index is 12.2. The van der Waals surface area contributed by atoms with E-state index in [1.807, 2.05) is 0 Å². The minimum absolute atomic E-state index is 0.134. The van der Waals surface area contributed by atoms with E-state index in [1.54, 1.807) is 26.0 Å². The molecule has 0 saturated heterocycles. The molecule has 0 aliphatic rings. The summed E-state index contributed by atoms with van der Waals surface area (Å²) in [5.41, 5.74) is 4.62. The van der Waals surface area contributed by atoms with Crippen molar-refractivity contribution in [2.75, 3.05) is 28.4 Å². The molecule has 184 valence electrons. The molecule has 0 unspecified atom stereocenters. The highest BCUT2D eigenvalue weighted by atomic mass is 16.5. The van der Waals surface area contributed by atoms with Gasteiger partial charge in [0.15, 0.2) is 0 Å². The summed E-state index contributed by atoms with van der Waals surface area (Å²) in [6.45, 7) is 3.53. The first-order valence-electron chi connectivity index (χ1n) is 10.6. The molecule has 0 radical (unpaired) electrons. The highest BCUT2D eigenvalue weighted by Gasteiger charge is 2.21. The summed E-state index contributed by atoms with van der Waals surface area (Å²) in [5, 5.41) is 0. The Morgan fingerprint density at radius 1 is 0.647 bits per heavy atom. The smallest absolute Gasteiger partial charge is 0.354 e. The first kappa shape index (κ1) is 26.4. The number of methoxy groups -OCH3 is 4. The molecular weight excluding hydrogens is 444 g/mol. The predicted octanol–water partition coefficient (Wildman–Crippen LogP) is 2.91. The summed E-state index contributed by atoms with van der Waals surface area (Å²) in [6, 6.07) is 0. The summed E-state index contributed by atoms with van der Waals surface area (Å²) in [6.07, 6.45) is 4.43. The Morgan fingerprint density at radius 2 is 1.00 bits per heavy atom. The average molecular weight is 475 g/mol. The van der Waals surface area contributed by atoms with E-state index in [9.17, 15) is 19.2 Å². The lowest BCUT2D eigenvalue weighted by molar-refractivity contribution is -0.141. The molecule has 0 atom stereocenters. The van der Waals surface area contributed by atoms with Crippen molar-refractivity contribution in [2.45, 2.75) is 39.5 Å². The van der Waals surface area contributed by atoms with Gasteiger partial charge in [-0.05, 0) is 61.1 Å². The number of H-pyrrole nitrogens is 2. The lowest BCUT2D eigenvalue weighted by Gasteiger charge is -2.04. The van der Waals surface area contributed by atoms with Gasteiger partial charge in [0.05, 0.1) is 28.4 Å². The van der Waals surface area contributed by atoms with Crippen LogP contribution in [-0.2, 0) is 41.4 Å². The molecule has 2 heterocycles. The SMILES string of the molecule is COC(=O)CCc1c(/C=C\c2[nH]c(C(=O)OC)c(C)c2CCC(=O)OC)[nH]c(C(=O)OC)c1C. The van der Waals surface area contributed by atoms with Crippen LogP contribution < -0.4 is 0 Å². The van der Waals surface area contributed by atoms with E-state index in [-0.39, 0.29) is 36.2 Å². The second-order valence-electron chi connectivity index (χ2n) is 7.50. The highest BCUT2D eigenvalue weighted by Crippen LogP contribution is 2.26. The van der Waals surface area contributed by atoms with Gasteiger partial charge in [-0.2, -0.15) is 0 Å². The fraction of sp³-hybridized carbons (Fsp3) is 0.417. The molecule has 0 bridgehead atoms. The Balaban J connectivity index is 2.51. The Kier molecular flexibility index (Phi) is 9.23. The fourth-order valence-electron chi connectivity index (χ4n) is 3.68. The first-order chi connectivity index (χ1) is 16.2. The summed E-state index contributed by atoms with van der Waals surface area (Å²) in [7, 11) is 5.20. The minimum Gasteiger partial charge on any atom is -0.469 e. The lowest BCUT2D eigenvalue weighted by Crippen LogP contribution is -2.05. The van der Waals surface area contributed by atoms with Crippen LogP contribution in [0, 0.1) is 13.8 Å². The summed E-state index contributed by atoms with van der Waals surface area (Å²) >= 11 is 0. The van der Waals surface area contributed by atoms with Crippen LogP contribution in [0.15, 0.2) is 0 Å². The molecule has 0 saturated carbocycles. The van der Waals surface area contributed by atoms with Crippen LogP contribution in [0.5, 0.6) is 0 Å². The normalized spacial score (nSPS) is 10.9. The van der Waals surface area contributed by atoms with Crippen LogP contribution in [-0.4, -0.2) is 62.3 Å². The van der Waals surface area contributed by atoms with Crippen LogP contribution in [0.3, 0.4) is 0 Å². The molecule has 0 aliphatic heterocycles. The third-order valence-electron chi connectivity index (χ3n) is 5.63. The van der Waals surface area contributed by atoms with Crippen molar-refractivity contribution in [3.8, 4) is 0 Å². The molecule has 0 aliphatic carbocycles. The zero-order valence-corrected chi connectivity index (χ0v) is 20.2. The van der Waals surface area contributed by atoms with E-state index in [2.05, 4.69) is 9.97 Å². The molecule has 2 rings (SSSR count). The lowest BCUT2D eigenvalue weighted by atomic mass is 10.0. The zero-order valence-electron chi connectivity index (χ0n) is 20.2. The maximum absolute atomic E-state index is 12.2. The molecule has 0 fully saturated rings. The maximum Gasteiger partial charge on any atom is 0.354 e. The Labute approximate surface area is 197 Å². The Hall–Kier alpha value is -3.82. The van der Waals surface area contributed by atoms with Gasteiger partial charge in [0, 0.05) is 24.2 Å². The fourth-order valence-corrected chi connectivity index (χ4v) is 3.68. The van der Waals surface area contributed by atoms with E-state index in [0.717, 1.165) is 11.1 Å². The largest absolute Gasteiger partial charge is 0.469 e. The molecule has 2 aromatic rings. The van der Waals surface area contributed by atoms with Gasteiger partial charge < -0.3 is 28.9 Å². The summed E-state index contributed by atoms with van der Waals surface area (Å²) < 4.78 is 19.2. The number of rotatable bonds is 10. The van der Waals surface area contributed by atoms with Crippen LogP contribution in [0.2, 0.25) is 0 Å². The van der Waals surface area contributed by atoms with Crippen LogP contribution >= 0.6 is 0 Å². The summed E-state index contributed by atoms with van der Waals surface area (Å²) in [5.74, 6) is -1.80. The van der Waals surface area contributed by atoms with Gasteiger partial charge in [0.2, 0.25) is 0 Å². The molecule has 10 nitrogen and oxygen atoms in total. The number of aromatic nitrogens is 2. The molecule has 0 spiro atoms. The Bertz CT molecular complexity index is 1020. The van der Waals surface area contributed by atoms with E-state index < -0.39 is 11.9 Å². The highest BCUT2D eigenvalue weighted by molar-refractivity contribution is 5.92. The number of hydrogen-bond acceptors (Lipinski definition) is 8. The second kappa shape index (κ2) is 11.9. The van der Waals surface area contributed by atoms with Gasteiger partial charge in [-0.25, -0.2) is 9.59 Å². The third kappa shape index (κ3) is 5.94. The number of nitrogens with one attached hydrogen (secondary N) is 2. The molecule has 2 N–H and O–H groups in total. The van der Waals surface area contributed by atoms with Crippen molar-refractivity contribution in [3.05, 3.63) is 45.0 Å². The van der Waals surface area contributed by atoms with Crippen LogP contribution in [0.25, 0.3) is 12.2 Å². The third-order valence-corrected chi connectivity index (χ3v) is 5.63. The molecular formula is C24H30N2O8. The van der Waals surface area contributed by atoms with E-state index >= 15 is 0 Å². The zero-order chi connectivity index (χ0) is 25.4. The van der Waals surface area contributed by atoms with Gasteiger partial charge >= 0.3 is 23.9 Å². The molecule has 10 heteroatoms. The van der Waals surface area contributed by atoms with E-state index in [4.69, 9.17) is 18.9 Å². The number of esters is 4. The average Bonchev–Trinajstić information content (AvgIpc) is 3.33. The first-order valence-corrected chi connectivity index (χ1v) is 10.6. The second-order valence-corrected chi connectivity index (χ2v) is 7.50. The number of carbonyl (C=O) groups excluding carboxylic acids is 4. The van der Waals surface area contributed by atoms with Crippen LogP contribution in [0.1, 0.15) is 67.5 Å². The van der Waals surface area contributed by atoms with Crippen molar-refractivity contribution in [1.82, 2.24) is 9.97 Å². The van der Waals surface area contributed by atoms with Crippen molar-refractivity contribution in [1.29, 1.82) is 0 Å². The minimum atomic E-state index is -0.529. The van der Waals surface area contributed by atoms with Crippen molar-refractivity contribution >= 4 is 36.0 Å². The van der Waals surface area contributed by atoms with Gasteiger partial charge in [-0.15, -0.1) is 0 Å². The van der Waals surface area contributed by atoms with Gasteiger partial charge in [-0.3, -0.25) is 9.59 Å². The van der Waals surface area contributed by atoms with E-state index in [1.165, 1.54) is 28.4 Å². The topological polar surface area (TPSA) is 137 Å². The number of ether oxygens (including phenoxy) is 4.